The molecular weight excluding hydrogens is 672 g/mol. The van der Waals surface area contributed by atoms with Gasteiger partial charge in [0.05, 0.1) is 11.7 Å². The summed E-state index contributed by atoms with van der Waals surface area (Å²) in [7, 11) is 1.64. The number of aromatic hydroxyl groups is 1. The Balaban J connectivity index is 1.73. The number of ether oxygens (including phenoxy) is 2. The number of allylic oxidation sites excluding steroid dienone is 11. The second-order valence-electron chi connectivity index (χ2n) is 12.5. The second kappa shape index (κ2) is 26.7. The number of nitrogens with zero attached hydrogens (tertiary/aromatic N) is 1. The molecule has 0 amide bonds. The van der Waals surface area contributed by atoms with Gasteiger partial charge in [0.2, 0.25) is 0 Å². The first-order chi connectivity index (χ1) is 25.7. The lowest BCUT2D eigenvalue weighted by Gasteiger charge is -2.27. The number of hydrogen-bond acceptors (Lipinski definition) is 10. The van der Waals surface area contributed by atoms with Gasteiger partial charge in [-0.15, -0.1) is 0 Å². The third-order valence-electron chi connectivity index (χ3n) is 8.04. The van der Waals surface area contributed by atoms with Crippen LogP contribution in [0.4, 0.5) is 5.69 Å². The molecule has 0 aromatic heterocycles. The topological polar surface area (TPSA) is 139 Å². The van der Waals surface area contributed by atoms with Gasteiger partial charge < -0.3 is 20.0 Å². The molecule has 0 bridgehead atoms. The Morgan fingerprint density at radius 3 is 1.92 bits per heavy atom. The highest BCUT2D eigenvalue weighted by Crippen LogP contribution is 2.24. The molecule has 1 aliphatic carbocycles. The summed E-state index contributed by atoms with van der Waals surface area (Å²) in [6.07, 6.45) is 36.0. The average Bonchev–Trinajstić information content (AvgIpc) is 3.12. The molecule has 0 saturated heterocycles. The van der Waals surface area contributed by atoms with E-state index in [4.69, 9.17) is 9.47 Å². The largest absolute Gasteiger partial charge is 0.507 e. The number of esters is 4. The number of hydrogen-bond donors (Lipinski definition) is 2. The van der Waals surface area contributed by atoms with Crippen LogP contribution in [0.25, 0.3) is 0 Å². The molecule has 10 nitrogen and oxygen atoms in total. The van der Waals surface area contributed by atoms with E-state index in [0.29, 0.717) is 24.9 Å². The van der Waals surface area contributed by atoms with Crippen molar-refractivity contribution < 1.29 is 38.6 Å². The summed E-state index contributed by atoms with van der Waals surface area (Å²) in [6, 6.07) is 3.53. The molecule has 286 valence electrons. The van der Waals surface area contributed by atoms with Crippen molar-refractivity contribution in [2.24, 2.45) is 0 Å². The van der Waals surface area contributed by atoms with Crippen molar-refractivity contribution in [1.29, 1.82) is 0 Å². The minimum Gasteiger partial charge on any atom is -0.507 e. The second-order valence-corrected chi connectivity index (χ2v) is 12.5. The number of likely N-dealkylation sites (N-methyl/N-ethyl adjacent to an activating group) is 1. The quantitative estimate of drug-likeness (QED) is 0.0265. The van der Waals surface area contributed by atoms with Crippen LogP contribution in [0.5, 0.6) is 5.75 Å². The normalized spacial score (nSPS) is 14.7. The number of carbonyl (C=O) groups is 5. The SMILES string of the molecule is CC/C=C\C/C=C\C/C=C\C/C=C\C/C=C\CCCC(=O)OC(=O)c1ccc(NN(C)C2C=CC(=O)C(C(=O)OC(=O)CCCCCCC)=C2)cc1O. The van der Waals surface area contributed by atoms with E-state index >= 15 is 0 Å². The Morgan fingerprint density at radius 2 is 1.32 bits per heavy atom. The molecule has 53 heavy (non-hydrogen) atoms. The number of rotatable bonds is 24. The van der Waals surface area contributed by atoms with Gasteiger partial charge in [-0.3, -0.25) is 14.4 Å². The van der Waals surface area contributed by atoms with Gasteiger partial charge in [-0.25, -0.2) is 14.6 Å². The Bertz CT molecular complexity index is 1560. The van der Waals surface area contributed by atoms with Crippen molar-refractivity contribution >= 4 is 35.3 Å². The van der Waals surface area contributed by atoms with E-state index in [2.05, 4.69) is 67.9 Å². The van der Waals surface area contributed by atoms with Crippen LogP contribution in [0.2, 0.25) is 0 Å². The number of ketones is 1. The standard InChI is InChI=1S/C43H56N2O8/c1-4-6-8-10-11-12-13-14-15-16-17-18-19-20-21-23-25-27-40(48)52-42(50)36-30-28-34(32-39(36)47)44-45(3)35-29-31-38(46)37(33-35)43(51)53-41(49)26-24-22-9-7-5-2/h6,8,11-12,14-15,17-18,20-21,28-33,35,44,47H,4-5,7,9-10,13,16,19,22-27H2,1-3H3/b8-6-,12-11-,15-14-,18-17-,21-20-. The summed E-state index contributed by atoms with van der Waals surface area (Å²) in [5.41, 5.74) is 2.96. The molecule has 1 aromatic carbocycles. The monoisotopic (exact) mass is 728 g/mol. The van der Waals surface area contributed by atoms with E-state index in [-0.39, 0.29) is 24.0 Å². The molecule has 0 fully saturated rings. The molecule has 1 aliphatic rings. The molecule has 1 unspecified atom stereocenters. The lowest BCUT2D eigenvalue weighted by molar-refractivity contribution is -0.157. The Hall–Kier alpha value is -5.09. The number of benzene rings is 1. The van der Waals surface area contributed by atoms with E-state index in [1.54, 1.807) is 18.1 Å². The number of phenolic OH excluding ortho intramolecular Hbond substituents is 1. The van der Waals surface area contributed by atoms with E-state index in [1.807, 2.05) is 12.2 Å². The molecule has 1 atom stereocenters. The maximum Gasteiger partial charge on any atom is 0.349 e. The van der Waals surface area contributed by atoms with Crippen LogP contribution in [-0.2, 0) is 28.7 Å². The van der Waals surface area contributed by atoms with Gasteiger partial charge in [-0.1, -0.05) is 106 Å². The zero-order valence-electron chi connectivity index (χ0n) is 31.5. The van der Waals surface area contributed by atoms with Crippen LogP contribution in [0.1, 0.15) is 114 Å². The van der Waals surface area contributed by atoms with Gasteiger partial charge in [-0.05, 0) is 75.7 Å². The number of nitrogens with one attached hydrogen (secondary N) is 1. The van der Waals surface area contributed by atoms with Crippen LogP contribution in [-0.4, -0.2) is 52.9 Å². The van der Waals surface area contributed by atoms with Gasteiger partial charge in [-0.2, -0.15) is 0 Å². The van der Waals surface area contributed by atoms with E-state index in [1.165, 1.54) is 30.4 Å². The van der Waals surface area contributed by atoms with Crippen LogP contribution in [0, 0.1) is 0 Å². The molecule has 10 heteroatoms. The van der Waals surface area contributed by atoms with Gasteiger partial charge in [0.1, 0.15) is 16.9 Å². The number of anilines is 1. The lowest BCUT2D eigenvalue weighted by Crippen LogP contribution is -2.36. The van der Waals surface area contributed by atoms with Crippen molar-refractivity contribution in [3.8, 4) is 5.75 Å². The maximum absolute atomic E-state index is 12.6. The first-order valence-electron chi connectivity index (χ1n) is 18.7. The highest BCUT2D eigenvalue weighted by molar-refractivity contribution is 6.23. The first-order valence-corrected chi connectivity index (χ1v) is 18.7. The third-order valence-corrected chi connectivity index (χ3v) is 8.04. The summed E-state index contributed by atoms with van der Waals surface area (Å²) >= 11 is 0. The van der Waals surface area contributed by atoms with Crippen molar-refractivity contribution in [2.75, 3.05) is 12.5 Å². The summed E-state index contributed by atoms with van der Waals surface area (Å²) in [5.74, 6) is -4.29. The van der Waals surface area contributed by atoms with Crippen molar-refractivity contribution in [3.05, 3.63) is 108 Å². The number of carbonyl (C=O) groups excluding carboxylic acids is 5. The Morgan fingerprint density at radius 1 is 0.755 bits per heavy atom. The predicted molar refractivity (Wildman–Crippen MR) is 209 cm³/mol. The van der Waals surface area contributed by atoms with Gasteiger partial charge >= 0.3 is 23.9 Å². The zero-order valence-corrected chi connectivity index (χ0v) is 31.5. The molecule has 2 rings (SSSR count). The predicted octanol–water partition coefficient (Wildman–Crippen LogP) is 9.12. The molecule has 0 saturated carbocycles. The summed E-state index contributed by atoms with van der Waals surface area (Å²) in [6.45, 7) is 4.22. The molecule has 0 radical (unpaired) electrons. The van der Waals surface area contributed by atoms with E-state index in [0.717, 1.165) is 57.8 Å². The fraction of sp³-hybridized carbons (Fsp3) is 0.419. The molecule has 0 heterocycles. The minimum atomic E-state index is -1.000. The average molecular weight is 729 g/mol. The van der Waals surface area contributed by atoms with Crippen LogP contribution >= 0.6 is 0 Å². The van der Waals surface area contributed by atoms with Gasteiger partial charge in [0.15, 0.2) is 5.78 Å². The molecule has 1 aromatic rings. The number of phenols is 1. The maximum atomic E-state index is 12.6. The fourth-order valence-corrected chi connectivity index (χ4v) is 5.07. The third kappa shape index (κ3) is 18.8. The molecule has 2 N–H and O–H groups in total. The summed E-state index contributed by atoms with van der Waals surface area (Å²) in [5, 5.41) is 12.1. The number of unbranched alkanes of at least 4 members (excludes halogenated alkanes) is 5. The smallest absolute Gasteiger partial charge is 0.349 e. The van der Waals surface area contributed by atoms with Crippen LogP contribution in [0.15, 0.2) is 103 Å². The molecule has 0 spiro atoms. The summed E-state index contributed by atoms with van der Waals surface area (Å²) < 4.78 is 9.85. The van der Waals surface area contributed by atoms with Gasteiger partial charge in [0.25, 0.3) is 0 Å². The highest BCUT2D eigenvalue weighted by atomic mass is 16.6. The van der Waals surface area contributed by atoms with Gasteiger partial charge in [0, 0.05) is 26.0 Å². The van der Waals surface area contributed by atoms with Crippen LogP contribution in [0.3, 0.4) is 0 Å². The number of hydrazine groups is 1. The fourth-order valence-electron chi connectivity index (χ4n) is 5.07. The van der Waals surface area contributed by atoms with Crippen molar-refractivity contribution in [1.82, 2.24) is 5.01 Å². The van der Waals surface area contributed by atoms with Crippen LogP contribution < -0.4 is 5.43 Å². The summed E-state index contributed by atoms with van der Waals surface area (Å²) in [4.78, 5) is 61.9. The first kappa shape index (κ1) is 44.1. The van der Waals surface area contributed by atoms with Crippen molar-refractivity contribution in [3.63, 3.8) is 0 Å². The highest BCUT2D eigenvalue weighted by Gasteiger charge is 2.27. The van der Waals surface area contributed by atoms with E-state index < -0.39 is 41.5 Å². The Labute approximate surface area is 314 Å². The minimum absolute atomic E-state index is 0.0545. The van der Waals surface area contributed by atoms with E-state index in [9.17, 15) is 29.1 Å². The van der Waals surface area contributed by atoms with Crippen molar-refractivity contribution in [2.45, 2.75) is 110 Å². The lowest BCUT2D eigenvalue weighted by atomic mass is 10.0. The molecule has 0 aliphatic heterocycles. The Kier molecular flexibility index (Phi) is 22.2. The zero-order chi connectivity index (χ0) is 38.7. The molecular formula is C43H56N2O8.